The van der Waals surface area contributed by atoms with Gasteiger partial charge < -0.3 is 24.7 Å². The lowest BCUT2D eigenvalue weighted by Gasteiger charge is -2.33. The molecule has 30 heavy (non-hydrogen) atoms. The number of nitrogens with zero attached hydrogens (tertiary/aromatic N) is 1. The van der Waals surface area contributed by atoms with Crippen LogP contribution in [0, 0.1) is 0 Å². The zero-order valence-corrected chi connectivity index (χ0v) is 16.9. The molecule has 2 aromatic rings. The summed E-state index contributed by atoms with van der Waals surface area (Å²) in [6, 6.07) is 5.08. The second-order valence-corrected chi connectivity index (χ2v) is 8.22. The third-order valence-corrected chi connectivity index (χ3v) is 4.49. The number of ether oxygens (including phenoxy) is 2. The molecule has 7 nitrogen and oxygen atoms in total. The standard InChI is InChI=1S/C20H24F3N3O4/c1-19(2,3)30-18(28)24-13-5-4-8-26(11-13)17(27)16-10-12-9-14(29-20(21,22)23)6-7-15(12)25-16/h6-7,9-10,13,25H,4-5,8,11H2,1-3H3,(H,24,28)/t13-/m1/s1. The van der Waals surface area contributed by atoms with Crippen molar-refractivity contribution in [3.05, 3.63) is 30.0 Å². The molecule has 10 heteroatoms. The van der Waals surface area contributed by atoms with E-state index in [1.807, 2.05) is 0 Å². The van der Waals surface area contributed by atoms with Gasteiger partial charge in [-0.2, -0.15) is 0 Å². The number of amides is 2. The molecule has 0 radical (unpaired) electrons. The third-order valence-electron chi connectivity index (χ3n) is 4.49. The number of rotatable bonds is 3. The maximum Gasteiger partial charge on any atom is 0.573 e. The van der Waals surface area contributed by atoms with Gasteiger partial charge in [0.25, 0.3) is 5.91 Å². The lowest BCUT2D eigenvalue weighted by molar-refractivity contribution is -0.274. The average Bonchev–Trinajstić information content (AvgIpc) is 3.01. The highest BCUT2D eigenvalue weighted by molar-refractivity contribution is 5.98. The molecule has 1 aliphatic heterocycles. The maximum atomic E-state index is 12.9. The van der Waals surface area contributed by atoms with Crippen molar-refractivity contribution < 1.29 is 32.2 Å². The van der Waals surface area contributed by atoms with Gasteiger partial charge in [0, 0.05) is 30.0 Å². The molecule has 2 amide bonds. The Morgan fingerprint density at radius 2 is 1.93 bits per heavy atom. The minimum absolute atomic E-state index is 0.242. The molecule has 1 aliphatic rings. The number of hydrogen-bond acceptors (Lipinski definition) is 4. The lowest BCUT2D eigenvalue weighted by atomic mass is 10.1. The Balaban J connectivity index is 1.68. The Morgan fingerprint density at radius 3 is 2.60 bits per heavy atom. The van der Waals surface area contributed by atoms with Crippen molar-refractivity contribution in [2.24, 2.45) is 0 Å². The van der Waals surface area contributed by atoms with E-state index >= 15 is 0 Å². The number of piperidine rings is 1. The van der Waals surface area contributed by atoms with Crippen molar-refractivity contribution in [3.63, 3.8) is 0 Å². The molecule has 1 saturated heterocycles. The van der Waals surface area contributed by atoms with Crippen LogP contribution in [0.25, 0.3) is 10.9 Å². The van der Waals surface area contributed by atoms with Gasteiger partial charge in [-0.1, -0.05) is 0 Å². The molecule has 0 unspecified atom stereocenters. The first-order valence-corrected chi connectivity index (χ1v) is 9.57. The molecular weight excluding hydrogens is 403 g/mol. The van der Waals surface area contributed by atoms with Crippen LogP contribution in [0.2, 0.25) is 0 Å². The molecule has 3 rings (SSSR count). The van der Waals surface area contributed by atoms with Crippen LogP contribution in [0.4, 0.5) is 18.0 Å². The van der Waals surface area contributed by atoms with Gasteiger partial charge in [0.2, 0.25) is 0 Å². The van der Waals surface area contributed by atoms with Crippen LogP contribution in [0.3, 0.4) is 0 Å². The highest BCUT2D eigenvalue weighted by atomic mass is 19.4. The average molecular weight is 427 g/mol. The van der Waals surface area contributed by atoms with E-state index in [1.54, 1.807) is 25.7 Å². The van der Waals surface area contributed by atoms with Crippen LogP contribution in [0.1, 0.15) is 44.1 Å². The summed E-state index contributed by atoms with van der Waals surface area (Å²) >= 11 is 0. The molecule has 2 N–H and O–H groups in total. The van der Waals surface area contributed by atoms with Crippen molar-refractivity contribution in [1.29, 1.82) is 0 Å². The summed E-state index contributed by atoms with van der Waals surface area (Å²) < 4.78 is 46.4. The number of alkyl halides is 3. The minimum Gasteiger partial charge on any atom is -0.444 e. The number of carbonyl (C=O) groups excluding carboxylic acids is 2. The monoisotopic (exact) mass is 427 g/mol. The van der Waals surface area contributed by atoms with Crippen molar-refractivity contribution in [2.45, 2.75) is 51.6 Å². The highest BCUT2D eigenvalue weighted by Crippen LogP contribution is 2.27. The Labute approximate surface area is 171 Å². The maximum absolute atomic E-state index is 12.9. The summed E-state index contributed by atoms with van der Waals surface area (Å²) in [6.07, 6.45) is -3.90. The molecule has 0 spiro atoms. The molecule has 164 valence electrons. The largest absolute Gasteiger partial charge is 0.573 e. The molecular formula is C20H24F3N3O4. The predicted molar refractivity (Wildman–Crippen MR) is 103 cm³/mol. The SMILES string of the molecule is CC(C)(C)OC(=O)N[C@@H]1CCCN(C(=O)c2cc3cc(OC(F)(F)F)ccc3[nH]2)C1. The number of halogens is 3. The number of hydrogen-bond donors (Lipinski definition) is 2. The first kappa shape index (κ1) is 21.8. The van der Waals surface area contributed by atoms with Gasteiger partial charge in [-0.25, -0.2) is 4.79 Å². The Kier molecular flexibility index (Phi) is 5.87. The molecule has 0 aliphatic carbocycles. The van der Waals surface area contributed by atoms with E-state index < -0.39 is 18.1 Å². The van der Waals surface area contributed by atoms with Gasteiger partial charge in [-0.3, -0.25) is 4.79 Å². The smallest absolute Gasteiger partial charge is 0.444 e. The first-order valence-electron chi connectivity index (χ1n) is 9.57. The molecule has 1 aromatic heterocycles. The van der Waals surface area contributed by atoms with Gasteiger partial charge in [-0.05, 0) is 57.9 Å². The second-order valence-electron chi connectivity index (χ2n) is 8.22. The fraction of sp³-hybridized carbons (Fsp3) is 0.500. The Bertz CT molecular complexity index is 934. The molecule has 1 fully saturated rings. The van der Waals surface area contributed by atoms with E-state index in [-0.39, 0.29) is 23.4 Å². The Morgan fingerprint density at radius 1 is 1.20 bits per heavy atom. The van der Waals surface area contributed by atoms with Crippen LogP contribution in [0.5, 0.6) is 5.75 Å². The van der Waals surface area contributed by atoms with E-state index in [0.717, 1.165) is 0 Å². The number of likely N-dealkylation sites (tertiary alicyclic amines) is 1. The zero-order valence-electron chi connectivity index (χ0n) is 16.9. The number of aromatic amines is 1. The van der Waals surface area contributed by atoms with Crippen molar-refractivity contribution in [3.8, 4) is 5.75 Å². The fourth-order valence-corrected chi connectivity index (χ4v) is 3.35. The van der Waals surface area contributed by atoms with E-state index in [2.05, 4.69) is 15.0 Å². The van der Waals surface area contributed by atoms with Gasteiger partial charge in [0.15, 0.2) is 0 Å². The predicted octanol–water partition coefficient (Wildman–Crippen LogP) is 4.20. The fourth-order valence-electron chi connectivity index (χ4n) is 3.35. The number of H-pyrrole nitrogens is 1. The third kappa shape index (κ3) is 5.80. The number of carbonyl (C=O) groups is 2. The van der Waals surface area contributed by atoms with Crippen LogP contribution in [-0.2, 0) is 4.74 Å². The summed E-state index contributed by atoms with van der Waals surface area (Å²) in [6.45, 7) is 6.14. The number of alkyl carbamates (subject to hydrolysis) is 1. The summed E-state index contributed by atoms with van der Waals surface area (Å²) in [7, 11) is 0. The minimum atomic E-state index is -4.79. The molecule has 1 atom stereocenters. The van der Waals surface area contributed by atoms with Crippen LogP contribution >= 0.6 is 0 Å². The summed E-state index contributed by atoms with van der Waals surface area (Å²) in [5, 5.41) is 3.21. The van der Waals surface area contributed by atoms with Crippen LogP contribution in [0.15, 0.2) is 24.3 Å². The van der Waals surface area contributed by atoms with Crippen LogP contribution < -0.4 is 10.1 Å². The Hall–Kier alpha value is -2.91. The molecule has 1 aromatic carbocycles. The highest BCUT2D eigenvalue weighted by Gasteiger charge is 2.31. The number of aromatic nitrogens is 1. The van der Waals surface area contributed by atoms with Gasteiger partial charge in [-0.15, -0.1) is 13.2 Å². The topological polar surface area (TPSA) is 83.7 Å². The number of benzene rings is 1. The van der Waals surface area contributed by atoms with Gasteiger partial charge in [0.1, 0.15) is 17.0 Å². The van der Waals surface area contributed by atoms with Gasteiger partial charge >= 0.3 is 12.5 Å². The second kappa shape index (κ2) is 8.08. The van der Waals surface area contributed by atoms with E-state index in [1.165, 1.54) is 24.3 Å². The van der Waals surface area contributed by atoms with Gasteiger partial charge in [0.05, 0.1) is 0 Å². The molecule has 0 bridgehead atoms. The number of fused-ring (bicyclic) bond motifs is 1. The van der Waals surface area contributed by atoms with Crippen molar-refractivity contribution >= 4 is 22.9 Å². The molecule has 0 saturated carbocycles. The zero-order chi connectivity index (χ0) is 22.1. The first-order chi connectivity index (χ1) is 13.9. The van der Waals surface area contributed by atoms with E-state index in [9.17, 15) is 22.8 Å². The molecule has 2 heterocycles. The van der Waals surface area contributed by atoms with Crippen molar-refractivity contribution in [1.82, 2.24) is 15.2 Å². The lowest BCUT2D eigenvalue weighted by Crippen LogP contribution is -2.50. The summed E-state index contributed by atoms with van der Waals surface area (Å²) in [4.78, 5) is 29.4. The number of nitrogens with one attached hydrogen (secondary N) is 2. The summed E-state index contributed by atoms with van der Waals surface area (Å²) in [5.74, 6) is -0.646. The summed E-state index contributed by atoms with van der Waals surface area (Å²) in [5.41, 5.74) is 0.160. The van der Waals surface area contributed by atoms with Crippen molar-refractivity contribution in [2.75, 3.05) is 13.1 Å². The quantitative estimate of drug-likeness (QED) is 0.769. The van der Waals surface area contributed by atoms with E-state index in [0.29, 0.717) is 36.8 Å². The van der Waals surface area contributed by atoms with E-state index in [4.69, 9.17) is 4.74 Å². The normalized spacial score (nSPS) is 17.7. The van der Waals surface area contributed by atoms with Crippen LogP contribution in [-0.4, -0.2) is 53.0 Å².